The quantitative estimate of drug-likeness (QED) is 0.310. The molecule has 1 aromatic carbocycles. The van der Waals surface area contributed by atoms with Crippen LogP contribution in [0, 0.1) is 12.8 Å². The minimum atomic E-state index is -0.0169. The van der Waals surface area contributed by atoms with Crippen LogP contribution in [0.5, 0.6) is 0 Å². The number of hydrogen-bond donors (Lipinski definition) is 0. The van der Waals surface area contributed by atoms with Gasteiger partial charge < -0.3 is 4.90 Å². The van der Waals surface area contributed by atoms with Gasteiger partial charge in [-0.15, -0.1) is 6.58 Å². The van der Waals surface area contributed by atoms with E-state index in [-0.39, 0.29) is 12.0 Å². The van der Waals surface area contributed by atoms with E-state index in [1.165, 1.54) is 42.4 Å². The summed E-state index contributed by atoms with van der Waals surface area (Å²) in [5.74, 6) is 0.309. The van der Waals surface area contributed by atoms with Gasteiger partial charge in [-0.1, -0.05) is 73.9 Å². The molecule has 2 heterocycles. The first-order chi connectivity index (χ1) is 18.4. The largest absolute Gasteiger partial charge is 0.342 e. The van der Waals surface area contributed by atoms with Crippen LogP contribution in [0.4, 0.5) is 0 Å². The number of carbonyl (C=O) groups is 1. The summed E-state index contributed by atoms with van der Waals surface area (Å²) in [6.07, 6.45) is 18.1. The second-order valence-corrected chi connectivity index (χ2v) is 11.9. The van der Waals surface area contributed by atoms with E-state index >= 15 is 0 Å². The first-order valence-corrected chi connectivity index (χ1v) is 15.3. The first-order valence-electron chi connectivity index (χ1n) is 15.3. The fraction of sp³-hybridized carbons (Fsp3) is 0.618. The molecule has 0 bridgehead atoms. The van der Waals surface area contributed by atoms with Crippen LogP contribution in [0.25, 0.3) is 0 Å². The Morgan fingerprint density at radius 1 is 1.13 bits per heavy atom. The van der Waals surface area contributed by atoms with Crippen LogP contribution >= 0.6 is 0 Å². The Hall–Kier alpha value is -2.17. The topological polar surface area (TPSA) is 26.8 Å². The molecule has 4 nitrogen and oxygen atoms in total. The number of rotatable bonds is 10. The average Bonchev–Trinajstić information content (AvgIpc) is 3.24. The third-order valence-corrected chi connectivity index (χ3v) is 9.29. The van der Waals surface area contributed by atoms with Crippen molar-refractivity contribution in [2.24, 2.45) is 5.92 Å². The molecular formula is C34H51N3O. The van der Waals surface area contributed by atoms with Crippen LogP contribution in [0.1, 0.15) is 89.3 Å². The zero-order valence-electron chi connectivity index (χ0n) is 24.4. The minimum absolute atomic E-state index is 0.0169. The average molecular weight is 518 g/mol. The van der Waals surface area contributed by atoms with Gasteiger partial charge in [-0.2, -0.15) is 0 Å². The van der Waals surface area contributed by atoms with Gasteiger partial charge >= 0.3 is 0 Å². The van der Waals surface area contributed by atoms with Crippen LogP contribution < -0.4 is 0 Å². The highest BCUT2D eigenvalue weighted by molar-refractivity contribution is 5.81. The zero-order chi connectivity index (χ0) is 27.1. The van der Waals surface area contributed by atoms with E-state index in [1.54, 1.807) is 0 Å². The second-order valence-electron chi connectivity index (χ2n) is 11.9. The molecule has 4 heteroatoms. The number of nitrogens with zero attached hydrogens (tertiary/aromatic N) is 3. The fourth-order valence-corrected chi connectivity index (χ4v) is 6.97. The van der Waals surface area contributed by atoms with Crippen molar-refractivity contribution in [1.29, 1.82) is 0 Å². The van der Waals surface area contributed by atoms with E-state index in [0.717, 1.165) is 51.9 Å². The van der Waals surface area contributed by atoms with Gasteiger partial charge in [-0.05, 0) is 77.0 Å². The minimum Gasteiger partial charge on any atom is -0.342 e. The van der Waals surface area contributed by atoms with Crippen molar-refractivity contribution in [1.82, 2.24) is 14.7 Å². The van der Waals surface area contributed by atoms with E-state index in [4.69, 9.17) is 0 Å². The van der Waals surface area contributed by atoms with E-state index in [1.807, 2.05) is 0 Å². The van der Waals surface area contributed by atoms with Crippen molar-refractivity contribution in [3.8, 4) is 0 Å². The number of benzene rings is 1. The molecule has 4 rings (SSSR count). The van der Waals surface area contributed by atoms with Crippen molar-refractivity contribution < 1.29 is 4.79 Å². The second kappa shape index (κ2) is 13.8. The maximum atomic E-state index is 13.3. The third-order valence-electron chi connectivity index (χ3n) is 9.29. The number of allylic oxidation sites excluding steroid dienone is 1. The number of aryl methyl sites for hydroxylation is 1. The first kappa shape index (κ1) is 28.8. The number of amides is 1. The third kappa shape index (κ3) is 6.69. The van der Waals surface area contributed by atoms with Gasteiger partial charge in [0.05, 0.1) is 12.0 Å². The highest BCUT2D eigenvalue weighted by Crippen LogP contribution is 2.40. The maximum Gasteiger partial charge on any atom is 0.229 e. The van der Waals surface area contributed by atoms with Gasteiger partial charge in [0.25, 0.3) is 0 Å². The standard InChI is InChI=1S/C34H51N3O/c1-6-21-36(27(4)7-2)28(5)32-16-13-24-37(32)33(31-15-12-14-26(3)25-31)29-17-19-30(20-18-29)34(38)35-22-10-8-9-11-23-35/h6,12,14-15,17-19,25,27-28,30,32-33H,1,7-11,13,16,20-24H2,2-5H3. The summed E-state index contributed by atoms with van der Waals surface area (Å²) >= 11 is 0. The Bertz CT molecular complexity index is 989. The summed E-state index contributed by atoms with van der Waals surface area (Å²) in [6, 6.07) is 10.7. The van der Waals surface area contributed by atoms with Gasteiger partial charge in [0.15, 0.2) is 0 Å². The molecule has 1 aliphatic carbocycles. The van der Waals surface area contributed by atoms with Crippen molar-refractivity contribution >= 4 is 5.91 Å². The summed E-state index contributed by atoms with van der Waals surface area (Å²) in [4.78, 5) is 20.9. The Labute approximate surface area is 232 Å². The Kier molecular flexibility index (Phi) is 10.4. The Balaban J connectivity index is 1.59. The molecule has 38 heavy (non-hydrogen) atoms. The van der Waals surface area contributed by atoms with Crippen molar-refractivity contribution in [2.45, 2.75) is 103 Å². The highest BCUT2D eigenvalue weighted by atomic mass is 16.2. The molecule has 1 aromatic rings. The van der Waals surface area contributed by atoms with Gasteiger partial charge in [0.2, 0.25) is 5.91 Å². The van der Waals surface area contributed by atoms with Crippen LogP contribution in [0.2, 0.25) is 0 Å². The van der Waals surface area contributed by atoms with Crippen molar-refractivity contribution in [3.05, 3.63) is 71.8 Å². The number of hydrogen-bond acceptors (Lipinski definition) is 3. The molecule has 2 aliphatic heterocycles. The molecule has 208 valence electrons. The van der Waals surface area contributed by atoms with Gasteiger partial charge in [0, 0.05) is 37.8 Å². The lowest BCUT2D eigenvalue weighted by atomic mass is 9.87. The van der Waals surface area contributed by atoms with Gasteiger partial charge in [-0.3, -0.25) is 14.6 Å². The summed E-state index contributed by atoms with van der Waals surface area (Å²) in [7, 11) is 0. The van der Waals surface area contributed by atoms with Crippen LogP contribution in [0.3, 0.4) is 0 Å². The van der Waals surface area contributed by atoms with Crippen molar-refractivity contribution in [3.63, 3.8) is 0 Å². The molecule has 2 saturated heterocycles. The molecule has 5 atom stereocenters. The predicted molar refractivity (Wildman–Crippen MR) is 160 cm³/mol. The lowest BCUT2D eigenvalue weighted by Gasteiger charge is -2.43. The molecule has 0 spiro atoms. The fourth-order valence-electron chi connectivity index (χ4n) is 6.97. The summed E-state index contributed by atoms with van der Waals surface area (Å²) < 4.78 is 0. The molecular weight excluding hydrogens is 466 g/mol. The van der Waals surface area contributed by atoms with Crippen molar-refractivity contribution in [2.75, 3.05) is 26.2 Å². The van der Waals surface area contributed by atoms with Gasteiger partial charge in [-0.25, -0.2) is 0 Å². The maximum absolute atomic E-state index is 13.3. The van der Waals surface area contributed by atoms with Crippen LogP contribution in [-0.2, 0) is 4.79 Å². The SMILES string of the molecule is C=CCN(C(C)CC)C(C)C1CCCN1C(C1=CCC(C(=O)N2CCCCCC2)C=C1)c1cccc(C)c1. The van der Waals surface area contributed by atoms with E-state index in [0.29, 0.717) is 24.0 Å². The molecule has 2 fully saturated rings. The molecule has 0 saturated carbocycles. The lowest BCUT2D eigenvalue weighted by molar-refractivity contribution is -0.133. The molecule has 0 N–H and O–H groups in total. The van der Waals surface area contributed by atoms with Crippen LogP contribution in [-0.4, -0.2) is 64.9 Å². The van der Waals surface area contributed by atoms with Crippen LogP contribution in [0.15, 0.2) is 60.7 Å². The monoisotopic (exact) mass is 517 g/mol. The Morgan fingerprint density at radius 3 is 2.53 bits per heavy atom. The van der Waals surface area contributed by atoms with E-state index in [2.05, 4.69) is 97.5 Å². The Morgan fingerprint density at radius 2 is 1.89 bits per heavy atom. The highest BCUT2D eigenvalue weighted by Gasteiger charge is 2.39. The van der Waals surface area contributed by atoms with E-state index < -0.39 is 0 Å². The lowest BCUT2D eigenvalue weighted by Crippen LogP contribution is -2.51. The molecule has 0 aromatic heterocycles. The summed E-state index contributed by atoms with van der Waals surface area (Å²) in [5.41, 5.74) is 4.03. The smallest absolute Gasteiger partial charge is 0.229 e. The zero-order valence-corrected chi connectivity index (χ0v) is 24.4. The van der Waals surface area contributed by atoms with E-state index in [9.17, 15) is 4.79 Å². The van der Waals surface area contributed by atoms with Gasteiger partial charge in [0.1, 0.15) is 0 Å². The number of likely N-dealkylation sites (tertiary alicyclic amines) is 2. The summed E-state index contributed by atoms with van der Waals surface area (Å²) in [5, 5.41) is 0. The molecule has 5 unspecified atom stereocenters. The normalized spacial score (nSPS) is 25.1. The summed E-state index contributed by atoms with van der Waals surface area (Å²) in [6.45, 7) is 17.2. The molecule has 1 amide bonds. The predicted octanol–water partition coefficient (Wildman–Crippen LogP) is 7.08. The molecule has 3 aliphatic rings. The molecule has 0 radical (unpaired) electrons. The number of carbonyl (C=O) groups excluding carboxylic acids is 1.